The molecule has 3 heteroatoms. The van der Waals surface area contributed by atoms with Gasteiger partial charge in [-0.3, -0.25) is 4.90 Å². The van der Waals surface area contributed by atoms with Gasteiger partial charge in [0.2, 0.25) is 0 Å². The van der Waals surface area contributed by atoms with Crippen LogP contribution in [0, 0.1) is 0 Å². The lowest BCUT2D eigenvalue weighted by Crippen LogP contribution is -2.48. The summed E-state index contributed by atoms with van der Waals surface area (Å²) in [5, 5.41) is 3.58. The van der Waals surface area contributed by atoms with Crippen molar-refractivity contribution in [3.8, 4) is 0 Å². The second kappa shape index (κ2) is 7.25. The molecule has 1 saturated heterocycles. The van der Waals surface area contributed by atoms with Gasteiger partial charge in [0.25, 0.3) is 0 Å². The highest BCUT2D eigenvalue weighted by atomic mass is 16.5. The largest absolute Gasteiger partial charge is 0.383 e. The third-order valence-corrected chi connectivity index (χ3v) is 3.56. The Morgan fingerprint density at radius 3 is 2.62 bits per heavy atom. The van der Waals surface area contributed by atoms with E-state index in [1.54, 1.807) is 7.11 Å². The van der Waals surface area contributed by atoms with E-state index in [1.165, 1.54) is 32.4 Å². The van der Waals surface area contributed by atoms with Crippen molar-refractivity contribution in [2.45, 2.75) is 58.2 Å². The Bertz CT molecular complexity index is 179. The maximum Gasteiger partial charge on any atom is 0.0618 e. The van der Waals surface area contributed by atoms with Crippen LogP contribution in [0.15, 0.2) is 0 Å². The molecule has 0 spiro atoms. The summed E-state index contributed by atoms with van der Waals surface area (Å²) in [6, 6.07) is 1.85. The van der Waals surface area contributed by atoms with E-state index in [9.17, 15) is 0 Å². The Labute approximate surface area is 101 Å². The predicted molar refractivity (Wildman–Crippen MR) is 68.8 cm³/mol. The molecule has 0 aromatic rings. The van der Waals surface area contributed by atoms with Gasteiger partial charge in [-0.1, -0.05) is 6.92 Å². The number of nitrogens with zero attached hydrogens (tertiary/aromatic N) is 1. The summed E-state index contributed by atoms with van der Waals surface area (Å²) in [7, 11) is 1.80. The normalized spacial score (nSPS) is 23.2. The molecule has 2 unspecified atom stereocenters. The monoisotopic (exact) mass is 228 g/mol. The Balaban J connectivity index is 2.50. The van der Waals surface area contributed by atoms with Crippen molar-refractivity contribution in [2.24, 2.45) is 0 Å². The van der Waals surface area contributed by atoms with Crippen LogP contribution >= 0.6 is 0 Å². The molecule has 96 valence electrons. The SMILES string of the molecule is CCC(COC)N(CC1CCCN1)C(C)C. The Kier molecular flexibility index (Phi) is 6.32. The van der Waals surface area contributed by atoms with E-state index in [-0.39, 0.29) is 0 Å². The third kappa shape index (κ3) is 4.04. The second-order valence-corrected chi connectivity index (χ2v) is 5.10. The maximum absolute atomic E-state index is 5.33. The minimum Gasteiger partial charge on any atom is -0.383 e. The summed E-state index contributed by atoms with van der Waals surface area (Å²) < 4.78 is 5.33. The average Bonchev–Trinajstić information content (AvgIpc) is 2.75. The first-order chi connectivity index (χ1) is 7.69. The van der Waals surface area contributed by atoms with E-state index in [0.717, 1.165) is 6.61 Å². The van der Waals surface area contributed by atoms with Gasteiger partial charge in [-0.15, -0.1) is 0 Å². The number of hydrogen-bond donors (Lipinski definition) is 1. The third-order valence-electron chi connectivity index (χ3n) is 3.56. The summed E-state index contributed by atoms with van der Waals surface area (Å²) >= 11 is 0. The van der Waals surface area contributed by atoms with Crippen LogP contribution < -0.4 is 5.32 Å². The fourth-order valence-corrected chi connectivity index (χ4v) is 2.59. The molecule has 0 aromatic carbocycles. The van der Waals surface area contributed by atoms with Crippen molar-refractivity contribution in [2.75, 3.05) is 26.8 Å². The molecule has 2 atom stereocenters. The molecular weight excluding hydrogens is 200 g/mol. The van der Waals surface area contributed by atoms with Gasteiger partial charge in [0.15, 0.2) is 0 Å². The van der Waals surface area contributed by atoms with Gasteiger partial charge in [0.1, 0.15) is 0 Å². The number of rotatable bonds is 7. The van der Waals surface area contributed by atoms with Crippen LogP contribution in [0.4, 0.5) is 0 Å². The average molecular weight is 228 g/mol. The zero-order valence-corrected chi connectivity index (χ0v) is 11.3. The molecular formula is C13H28N2O. The molecule has 0 bridgehead atoms. The van der Waals surface area contributed by atoms with E-state index in [4.69, 9.17) is 4.74 Å². The highest BCUT2D eigenvalue weighted by Gasteiger charge is 2.24. The second-order valence-electron chi connectivity index (χ2n) is 5.10. The number of hydrogen-bond acceptors (Lipinski definition) is 3. The molecule has 0 radical (unpaired) electrons. The van der Waals surface area contributed by atoms with Crippen LogP contribution in [0.25, 0.3) is 0 Å². The maximum atomic E-state index is 5.33. The van der Waals surface area contributed by atoms with E-state index in [2.05, 4.69) is 31.0 Å². The number of methoxy groups -OCH3 is 1. The van der Waals surface area contributed by atoms with Crippen molar-refractivity contribution >= 4 is 0 Å². The number of ether oxygens (including phenoxy) is 1. The van der Waals surface area contributed by atoms with Crippen LogP contribution in [0.1, 0.15) is 40.0 Å². The van der Waals surface area contributed by atoms with Crippen LogP contribution in [0.5, 0.6) is 0 Å². The standard InChI is InChI=1S/C13H28N2O/c1-5-13(10-16-4)15(11(2)3)9-12-7-6-8-14-12/h11-14H,5-10H2,1-4H3. The van der Waals surface area contributed by atoms with Crippen molar-refractivity contribution < 1.29 is 4.74 Å². The van der Waals surface area contributed by atoms with Gasteiger partial charge >= 0.3 is 0 Å². The highest BCUT2D eigenvalue weighted by molar-refractivity contribution is 4.82. The Hall–Kier alpha value is -0.120. The van der Waals surface area contributed by atoms with Gasteiger partial charge in [-0.2, -0.15) is 0 Å². The molecule has 0 saturated carbocycles. The van der Waals surface area contributed by atoms with Gasteiger partial charge in [0, 0.05) is 31.8 Å². The minimum atomic E-state index is 0.562. The topological polar surface area (TPSA) is 24.5 Å². The zero-order valence-electron chi connectivity index (χ0n) is 11.3. The highest BCUT2D eigenvalue weighted by Crippen LogP contribution is 2.14. The number of nitrogens with one attached hydrogen (secondary N) is 1. The van der Waals surface area contributed by atoms with Crippen molar-refractivity contribution in [1.82, 2.24) is 10.2 Å². The quantitative estimate of drug-likeness (QED) is 0.720. The Morgan fingerprint density at radius 2 is 2.19 bits per heavy atom. The first-order valence-corrected chi connectivity index (χ1v) is 6.67. The molecule has 3 nitrogen and oxygen atoms in total. The van der Waals surface area contributed by atoms with Crippen LogP contribution in [0.3, 0.4) is 0 Å². The molecule has 1 N–H and O–H groups in total. The molecule has 1 rings (SSSR count). The van der Waals surface area contributed by atoms with Gasteiger partial charge in [-0.05, 0) is 39.7 Å². The van der Waals surface area contributed by atoms with Gasteiger partial charge in [-0.25, -0.2) is 0 Å². The lowest BCUT2D eigenvalue weighted by Gasteiger charge is -2.36. The van der Waals surface area contributed by atoms with E-state index < -0.39 is 0 Å². The summed E-state index contributed by atoms with van der Waals surface area (Å²) in [5.41, 5.74) is 0. The summed E-state index contributed by atoms with van der Waals surface area (Å²) in [5.74, 6) is 0. The Morgan fingerprint density at radius 1 is 1.44 bits per heavy atom. The fourth-order valence-electron chi connectivity index (χ4n) is 2.59. The van der Waals surface area contributed by atoms with E-state index >= 15 is 0 Å². The minimum absolute atomic E-state index is 0.562. The van der Waals surface area contributed by atoms with E-state index in [0.29, 0.717) is 18.1 Å². The lowest BCUT2D eigenvalue weighted by atomic mass is 10.1. The smallest absolute Gasteiger partial charge is 0.0618 e. The molecule has 16 heavy (non-hydrogen) atoms. The van der Waals surface area contributed by atoms with E-state index in [1.807, 2.05) is 0 Å². The zero-order chi connectivity index (χ0) is 12.0. The van der Waals surface area contributed by atoms with Crippen LogP contribution in [-0.2, 0) is 4.74 Å². The fraction of sp³-hybridized carbons (Fsp3) is 1.00. The molecule has 0 aromatic heterocycles. The van der Waals surface area contributed by atoms with Crippen LogP contribution in [0.2, 0.25) is 0 Å². The van der Waals surface area contributed by atoms with Gasteiger partial charge in [0.05, 0.1) is 6.61 Å². The summed E-state index contributed by atoms with van der Waals surface area (Å²) in [6.45, 7) is 10.0. The molecule has 1 aliphatic heterocycles. The molecule has 1 heterocycles. The van der Waals surface area contributed by atoms with Crippen molar-refractivity contribution in [1.29, 1.82) is 0 Å². The van der Waals surface area contributed by atoms with Gasteiger partial charge < -0.3 is 10.1 Å². The first-order valence-electron chi connectivity index (χ1n) is 6.67. The lowest BCUT2D eigenvalue weighted by molar-refractivity contribution is 0.0618. The molecule has 0 aliphatic carbocycles. The predicted octanol–water partition coefficient (Wildman–Crippen LogP) is 1.87. The van der Waals surface area contributed by atoms with Crippen LogP contribution in [-0.4, -0.2) is 49.8 Å². The summed E-state index contributed by atoms with van der Waals surface area (Å²) in [4.78, 5) is 2.59. The summed E-state index contributed by atoms with van der Waals surface area (Å²) in [6.07, 6.45) is 3.82. The van der Waals surface area contributed by atoms with Crippen molar-refractivity contribution in [3.63, 3.8) is 0 Å². The molecule has 0 amide bonds. The molecule has 1 aliphatic rings. The molecule has 1 fully saturated rings. The van der Waals surface area contributed by atoms with Crippen molar-refractivity contribution in [3.05, 3.63) is 0 Å². The first kappa shape index (κ1) is 13.9.